The Bertz CT molecular complexity index is 1350. The standard InChI is InChI=1S/C26H26FN3O3S/c1-15-10-19(27)12-21-20(16(2)34-26(15)21)8-9-28-24-13-22(29-14-30-24)18-5-4-17(6-7-25(31)32)23(11-18)33-3/h4-5,10-14H,6-9H2,1-3H3,(H,31,32)(H,28,29,30). The van der Waals surface area contributed by atoms with E-state index in [1.54, 1.807) is 30.6 Å². The SMILES string of the molecule is COc1cc(-c2cc(NCCc3c(C)sc4c(C)cc(F)cc34)ncn2)ccc1CCC(=O)O. The van der Waals surface area contributed by atoms with Gasteiger partial charge in [0.25, 0.3) is 0 Å². The summed E-state index contributed by atoms with van der Waals surface area (Å²) < 4.78 is 20.6. The number of aromatic nitrogens is 2. The van der Waals surface area contributed by atoms with Gasteiger partial charge in [0.05, 0.1) is 12.8 Å². The number of carboxylic acid groups (broad SMARTS) is 1. The highest BCUT2D eigenvalue weighted by Crippen LogP contribution is 2.34. The summed E-state index contributed by atoms with van der Waals surface area (Å²) in [6, 6.07) is 10.7. The maximum atomic E-state index is 14.0. The molecule has 2 N–H and O–H groups in total. The number of hydrogen-bond acceptors (Lipinski definition) is 6. The van der Waals surface area contributed by atoms with Gasteiger partial charge in [0.1, 0.15) is 23.7 Å². The van der Waals surface area contributed by atoms with Gasteiger partial charge in [0.2, 0.25) is 0 Å². The Morgan fingerprint density at radius 3 is 2.74 bits per heavy atom. The molecule has 4 aromatic rings. The number of nitrogens with zero attached hydrogens (tertiary/aromatic N) is 2. The number of thiophene rings is 1. The number of carboxylic acids is 1. The Morgan fingerprint density at radius 2 is 1.97 bits per heavy atom. The number of carbonyl (C=O) groups is 1. The highest BCUT2D eigenvalue weighted by atomic mass is 32.1. The molecule has 2 heterocycles. The third-order valence-electron chi connectivity index (χ3n) is 5.78. The van der Waals surface area contributed by atoms with Gasteiger partial charge in [-0.15, -0.1) is 11.3 Å². The summed E-state index contributed by atoms with van der Waals surface area (Å²) in [6.07, 6.45) is 2.70. The third-order valence-corrected chi connectivity index (χ3v) is 7.08. The van der Waals surface area contributed by atoms with E-state index in [0.717, 1.165) is 44.5 Å². The Kier molecular flexibility index (Phi) is 7.07. The Hall–Kier alpha value is -3.52. The third kappa shape index (κ3) is 5.17. The van der Waals surface area contributed by atoms with Gasteiger partial charge in [-0.1, -0.05) is 12.1 Å². The summed E-state index contributed by atoms with van der Waals surface area (Å²) in [5.74, 6) is 0.276. The molecule has 0 aliphatic carbocycles. The Balaban J connectivity index is 1.48. The van der Waals surface area contributed by atoms with Crippen LogP contribution in [-0.2, 0) is 17.6 Å². The topological polar surface area (TPSA) is 84.3 Å². The van der Waals surface area contributed by atoms with Crippen LogP contribution in [-0.4, -0.2) is 34.7 Å². The average Bonchev–Trinajstić information content (AvgIpc) is 3.13. The molecule has 0 saturated heterocycles. The van der Waals surface area contributed by atoms with E-state index in [-0.39, 0.29) is 12.2 Å². The van der Waals surface area contributed by atoms with Gasteiger partial charge in [-0.2, -0.15) is 0 Å². The smallest absolute Gasteiger partial charge is 0.303 e. The highest BCUT2D eigenvalue weighted by molar-refractivity contribution is 7.19. The molecule has 0 atom stereocenters. The van der Waals surface area contributed by atoms with Crippen LogP contribution in [0.2, 0.25) is 0 Å². The second kappa shape index (κ2) is 10.2. The van der Waals surface area contributed by atoms with Crippen molar-refractivity contribution in [2.75, 3.05) is 19.0 Å². The first-order valence-electron chi connectivity index (χ1n) is 11.0. The first-order valence-corrected chi connectivity index (χ1v) is 11.8. The molecule has 0 radical (unpaired) electrons. The van der Waals surface area contributed by atoms with Crippen molar-refractivity contribution < 1.29 is 19.0 Å². The second-order valence-corrected chi connectivity index (χ2v) is 9.35. The molecule has 34 heavy (non-hydrogen) atoms. The molecule has 6 nitrogen and oxygen atoms in total. The van der Waals surface area contributed by atoms with Crippen LogP contribution in [0.15, 0.2) is 42.7 Å². The van der Waals surface area contributed by atoms with Crippen LogP contribution in [0.25, 0.3) is 21.3 Å². The van der Waals surface area contributed by atoms with Crippen molar-refractivity contribution in [3.63, 3.8) is 0 Å². The molecule has 2 aromatic carbocycles. The maximum absolute atomic E-state index is 14.0. The molecular weight excluding hydrogens is 453 g/mol. The van der Waals surface area contributed by atoms with Crippen molar-refractivity contribution >= 4 is 33.2 Å². The summed E-state index contributed by atoms with van der Waals surface area (Å²) in [5.41, 5.74) is 4.55. The number of hydrogen-bond donors (Lipinski definition) is 2. The van der Waals surface area contributed by atoms with Crippen molar-refractivity contribution in [3.8, 4) is 17.0 Å². The largest absolute Gasteiger partial charge is 0.496 e. The first-order chi connectivity index (χ1) is 16.4. The molecule has 0 aliphatic rings. The van der Waals surface area contributed by atoms with E-state index in [0.29, 0.717) is 24.5 Å². The van der Waals surface area contributed by atoms with Gasteiger partial charge in [-0.25, -0.2) is 14.4 Å². The summed E-state index contributed by atoms with van der Waals surface area (Å²) >= 11 is 1.71. The average molecular weight is 480 g/mol. The minimum Gasteiger partial charge on any atom is -0.496 e. The van der Waals surface area contributed by atoms with Crippen LogP contribution in [0, 0.1) is 19.7 Å². The van der Waals surface area contributed by atoms with Gasteiger partial charge < -0.3 is 15.2 Å². The Labute approximate surface area is 201 Å². The van der Waals surface area contributed by atoms with E-state index in [1.807, 2.05) is 31.2 Å². The van der Waals surface area contributed by atoms with Crippen LogP contribution in [0.1, 0.15) is 28.0 Å². The lowest BCUT2D eigenvalue weighted by Gasteiger charge is -2.11. The molecule has 0 amide bonds. The quantitative estimate of drug-likeness (QED) is 0.316. The molecule has 4 rings (SSSR count). The van der Waals surface area contributed by atoms with Gasteiger partial charge >= 0.3 is 5.97 Å². The number of aliphatic carboxylic acids is 1. The van der Waals surface area contributed by atoms with Gasteiger partial charge in [-0.3, -0.25) is 4.79 Å². The highest BCUT2D eigenvalue weighted by Gasteiger charge is 2.13. The minimum absolute atomic E-state index is 0.0440. The fourth-order valence-corrected chi connectivity index (χ4v) is 5.24. The van der Waals surface area contributed by atoms with Gasteiger partial charge in [-0.05, 0) is 67.0 Å². The molecule has 2 aromatic heterocycles. The van der Waals surface area contributed by atoms with E-state index in [9.17, 15) is 9.18 Å². The van der Waals surface area contributed by atoms with Crippen LogP contribution in [0.5, 0.6) is 5.75 Å². The number of fused-ring (bicyclic) bond motifs is 1. The lowest BCUT2D eigenvalue weighted by Crippen LogP contribution is -2.07. The zero-order chi connectivity index (χ0) is 24.2. The van der Waals surface area contributed by atoms with Crippen molar-refractivity contribution in [2.45, 2.75) is 33.1 Å². The number of nitrogens with one attached hydrogen (secondary N) is 1. The Morgan fingerprint density at radius 1 is 1.15 bits per heavy atom. The lowest BCUT2D eigenvalue weighted by molar-refractivity contribution is -0.136. The van der Waals surface area contributed by atoms with Crippen LogP contribution >= 0.6 is 11.3 Å². The molecule has 0 spiro atoms. The molecule has 0 unspecified atom stereocenters. The summed E-state index contributed by atoms with van der Waals surface area (Å²) in [7, 11) is 1.57. The number of rotatable bonds is 9. The molecule has 176 valence electrons. The fourth-order valence-electron chi connectivity index (χ4n) is 4.08. The predicted octanol–water partition coefficient (Wildman–Crippen LogP) is 5.79. The lowest BCUT2D eigenvalue weighted by atomic mass is 10.0. The number of anilines is 1. The summed E-state index contributed by atoms with van der Waals surface area (Å²) in [6.45, 7) is 4.67. The number of halogens is 1. The van der Waals surface area contributed by atoms with Crippen molar-refractivity contribution in [2.24, 2.45) is 0 Å². The van der Waals surface area contributed by atoms with E-state index in [4.69, 9.17) is 9.84 Å². The number of benzene rings is 2. The van der Waals surface area contributed by atoms with E-state index < -0.39 is 5.97 Å². The number of aryl methyl sites for hydroxylation is 3. The normalized spacial score (nSPS) is 11.1. The summed E-state index contributed by atoms with van der Waals surface area (Å²) in [4.78, 5) is 20.8. The molecular formula is C26H26FN3O3S. The first kappa shape index (κ1) is 23.6. The van der Waals surface area contributed by atoms with Crippen molar-refractivity contribution in [3.05, 3.63) is 70.1 Å². The molecule has 0 aliphatic heterocycles. The van der Waals surface area contributed by atoms with E-state index in [2.05, 4.69) is 22.2 Å². The molecule has 0 bridgehead atoms. The van der Waals surface area contributed by atoms with E-state index in [1.165, 1.54) is 11.2 Å². The molecule has 0 saturated carbocycles. The monoisotopic (exact) mass is 479 g/mol. The van der Waals surface area contributed by atoms with Crippen LogP contribution in [0.4, 0.5) is 10.2 Å². The minimum atomic E-state index is -0.844. The predicted molar refractivity (Wildman–Crippen MR) is 133 cm³/mol. The zero-order valence-corrected chi connectivity index (χ0v) is 20.1. The second-order valence-electron chi connectivity index (χ2n) is 8.12. The molecule has 8 heteroatoms. The number of ether oxygens (including phenoxy) is 1. The summed E-state index contributed by atoms with van der Waals surface area (Å²) in [5, 5.41) is 13.3. The fraction of sp³-hybridized carbons (Fsp3) is 0.269. The van der Waals surface area contributed by atoms with Crippen LogP contribution in [0.3, 0.4) is 0 Å². The molecule has 0 fully saturated rings. The van der Waals surface area contributed by atoms with Gasteiger partial charge in [0, 0.05) is 34.2 Å². The van der Waals surface area contributed by atoms with Crippen molar-refractivity contribution in [1.82, 2.24) is 9.97 Å². The number of methoxy groups -OCH3 is 1. The zero-order valence-electron chi connectivity index (χ0n) is 19.3. The van der Waals surface area contributed by atoms with E-state index >= 15 is 0 Å². The van der Waals surface area contributed by atoms with Crippen LogP contribution < -0.4 is 10.1 Å². The maximum Gasteiger partial charge on any atom is 0.303 e. The van der Waals surface area contributed by atoms with Crippen molar-refractivity contribution in [1.29, 1.82) is 0 Å². The van der Waals surface area contributed by atoms with Gasteiger partial charge in [0.15, 0.2) is 0 Å².